The van der Waals surface area contributed by atoms with Crippen LogP contribution in [0.25, 0.3) is 0 Å². The molecule has 25 heavy (non-hydrogen) atoms. The summed E-state index contributed by atoms with van der Waals surface area (Å²) in [6.45, 7) is 3.07. The van der Waals surface area contributed by atoms with Crippen molar-refractivity contribution in [2.75, 3.05) is 5.32 Å². The highest BCUT2D eigenvalue weighted by Crippen LogP contribution is 2.51. The van der Waals surface area contributed by atoms with E-state index in [4.69, 9.17) is 23.2 Å². The Balaban J connectivity index is 1.68. The molecule has 1 aliphatic carbocycles. The zero-order chi connectivity index (χ0) is 18.4. The standard InChI is InChI=1S/C17H17Cl2N3O3/c1-17(2,16(24)25)22-8-9(7-20-22)21-15(23)12-6-11(12)10-4-3-5-13(18)14(10)19/h3-5,7-8,11-12H,6H2,1-2H3,(H,21,23)(H,24,25). The molecule has 3 rings (SSSR count). The number of rotatable bonds is 5. The molecule has 0 aliphatic heterocycles. The van der Waals surface area contributed by atoms with Gasteiger partial charge < -0.3 is 10.4 Å². The molecule has 2 N–H and O–H groups in total. The van der Waals surface area contributed by atoms with E-state index in [-0.39, 0.29) is 17.7 Å². The third-order valence-electron chi connectivity index (χ3n) is 4.45. The number of benzene rings is 1. The lowest BCUT2D eigenvalue weighted by Crippen LogP contribution is -2.35. The van der Waals surface area contributed by atoms with Crippen LogP contribution in [0, 0.1) is 5.92 Å². The number of nitrogens with zero attached hydrogens (tertiary/aromatic N) is 2. The molecule has 1 heterocycles. The molecule has 8 heteroatoms. The molecule has 1 aliphatic rings. The molecule has 1 saturated carbocycles. The third-order valence-corrected chi connectivity index (χ3v) is 5.29. The predicted molar refractivity (Wildman–Crippen MR) is 95.1 cm³/mol. The van der Waals surface area contributed by atoms with E-state index in [1.807, 2.05) is 12.1 Å². The first-order chi connectivity index (χ1) is 11.7. The van der Waals surface area contributed by atoms with Crippen LogP contribution in [0.5, 0.6) is 0 Å². The fourth-order valence-electron chi connectivity index (χ4n) is 2.66. The Morgan fingerprint density at radius 1 is 1.36 bits per heavy atom. The second-order valence-corrected chi connectivity index (χ2v) is 7.40. The number of amides is 1. The molecule has 2 aromatic rings. The number of carboxylic acids is 1. The van der Waals surface area contributed by atoms with Gasteiger partial charge >= 0.3 is 5.97 Å². The minimum absolute atomic E-state index is 0.0386. The van der Waals surface area contributed by atoms with Gasteiger partial charge in [0.2, 0.25) is 5.91 Å². The number of nitrogens with one attached hydrogen (secondary N) is 1. The lowest BCUT2D eigenvalue weighted by Gasteiger charge is -2.19. The summed E-state index contributed by atoms with van der Waals surface area (Å²) in [6.07, 6.45) is 3.64. The van der Waals surface area contributed by atoms with Crippen LogP contribution < -0.4 is 5.32 Å². The number of carboxylic acid groups (broad SMARTS) is 1. The molecule has 0 radical (unpaired) electrons. The van der Waals surface area contributed by atoms with Gasteiger partial charge in [0.1, 0.15) is 0 Å². The largest absolute Gasteiger partial charge is 0.479 e. The minimum Gasteiger partial charge on any atom is -0.479 e. The van der Waals surface area contributed by atoms with Crippen LogP contribution in [0.15, 0.2) is 30.6 Å². The van der Waals surface area contributed by atoms with Crippen molar-refractivity contribution < 1.29 is 14.7 Å². The topological polar surface area (TPSA) is 84.2 Å². The molecule has 0 bridgehead atoms. The van der Waals surface area contributed by atoms with E-state index in [1.54, 1.807) is 6.07 Å². The molecule has 1 aromatic heterocycles. The molecule has 132 valence electrons. The van der Waals surface area contributed by atoms with E-state index in [1.165, 1.54) is 30.9 Å². The van der Waals surface area contributed by atoms with Crippen molar-refractivity contribution in [3.05, 3.63) is 46.2 Å². The first-order valence-corrected chi connectivity index (χ1v) is 8.50. The van der Waals surface area contributed by atoms with Crippen molar-refractivity contribution in [2.24, 2.45) is 5.92 Å². The van der Waals surface area contributed by atoms with Crippen molar-refractivity contribution >= 4 is 40.8 Å². The summed E-state index contributed by atoms with van der Waals surface area (Å²) in [7, 11) is 0. The number of carbonyl (C=O) groups excluding carboxylic acids is 1. The van der Waals surface area contributed by atoms with Crippen molar-refractivity contribution in [1.82, 2.24) is 9.78 Å². The second kappa shape index (κ2) is 6.35. The normalized spacial score (nSPS) is 19.5. The molecular weight excluding hydrogens is 365 g/mol. The van der Waals surface area contributed by atoms with Crippen LogP contribution >= 0.6 is 23.2 Å². The Bertz CT molecular complexity index is 847. The van der Waals surface area contributed by atoms with Crippen molar-refractivity contribution in [3.8, 4) is 0 Å². The molecule has 0 saturated heterocycles. The van der Waals surface area contributed by atoms with E-state index in [0.717, 1.165) is 5.56 Å². The summed E-state index contributed by atoms with van der Waals surface area (Å²) in [5.74, 6) is -1.30. The number of carbonyl (C=O) groups is 2. The molecule has 1 amide bonds. The van der Waals surface area contributed by atoms with Gasteiger partial charge in [0.15, 0.2) is 5.54 Å². The van der Waals surface area contributed by atoms with Crippen molar-refractivity contribution in [1.29, 1.82) is 0 Å². The molecule has 6 nitrogen and oxygen atoms in total. The van der Waals surface area contributed by atoms with Crippen LogP contribution in [0.3, 0.4) is 0 Å². The average Bonchev–Trinajstić information content (AvgIpc) is 3.20. The highest BCUT2D eigenvalue weighted by atomic mass is 35.5. The number of aromatic nitrogens is 2. The van der Waals surface area contributed by atoms with E-state index < -0.39 is 11.5 Å². The summed E-state index contributed by atoms with van der Waals surface area (Å²) >= 11 is 12.2. The maximum atomic E-state index is 12.4. The van der Waals surface area contributed by atoms with Gasteiger partial charge in [-0.3, -0.25) is 9.48 Å². The molecule has 1 aromatic carbocycles. The minimum atomic E-state index is -1.20. The average molecular weight is 382 g/mol. The number of anilines is 1. The van der Waals surface area contributed by atoms with Crippen LogP contribution in [0.2, 0.25) is 10.0 Å². The fourth-order valence-corrected chi connectivity index (χ4v) is 3.11. The highest BCUT2D eigenvalue weighted by molar-refractivity contribution is 6.42. The SMILES string of the molecule is CC(C)(C(=O)O)n1cc(NC(=O)C2CC2c2cccc(Cl)c2Cl)cn1. The molecule has 1 fully saturated rings. The van der Waals surface area contributed by atoms with Gasteiger partial charge in [0, 0.05) is 12.1 Å². The summed E-state index contributed by atoms with van der Waals surface area (Å²) in [5.41, 5.74) is 0.138. The highest BCUT2D eigenvalue weighted by Gasteiger charge is 2.45. The lowest BCUT2D eigenvalue weighted by molar-refractivity contribution is -0.146. The Hall–Kier alpha value is -2.05. The Morgan fingerprint density at radius 2 is 2.08 bits per heavy atom. The molecule has 2 atom stereocenters. The monoisotopic (exact) mass is 381 g/mol. The van der Waals surface area contributed by atoms with E-state index in [2.05, 4.69) is 10.4 Å². The molecular formula is C17H17Cl2N3O3. The van der Waals surface area contributed by atoms with Gasteiger partial charge in [0.05, 0.1) is 21.9 Å². The van der Waals surface area contributed by atoms with Gasteiger partial charge in [-0.2, -0.15) is 5.10 Å². The molecule has 2 unspecified atom stereocenters. The number of hydrogen-bond donors (Lipinski definition) is 2. The Kier molecular flexibility index (Phi) is 4.51. The Morgan fingerprint density at radius 3 is 2.76 bits per heavy atom. The smallest absolute Gasteiger partial charge is 0.331 e. The first kappa shape index (κ1) is 17.8. The second-order valence-electron chi connectivity index (χ2n) is 6.62. The quantitative estimate of drug-likeness (QED) is 0.825. The van der Waals surface area contributed by atoms with Gasteiger partial charge in [-0.1, -0.05) is 35.3 Å². The van der Waals surface area contributed by atoms with Gasteiger partial charge in [0.25, 0.3) is 0 Å². The summed E-state index contributed by atoms with van der Waals surface area (Å²) in [5, 5.41) is 17.0. The summed E-state index contributed by atoms with van der Waals surface area (Å²) < 4.78 is 1.31. The van der Waals surface area contributed by atoms with Gasteiger partial charge in [-0.05, 0) is 37.8 Å². The number of aliphatic carboxylic acids is 1. The van der Waals surface area contributed by atoms with E-state index in [0.29, 0.717) is 22.2 Å². The van der Waals surface area contributed by atoms with Gasteiger partial charge in [-0.25, -0.2) is 4.79 Å². The number of halogens is 2. The zero-order valence-corrected chi connectivity index (χ0v) is 15.2. The van der Waals surface area contributed by atoms with Crippen LogP contribution in [0.1, 0.15) is 31.7 Å². The number of hydrogen-bond acceptors (Lipinski definition) is 3. The van der Waals surface area contributed by atoms with Crippen LogP contribution in [-0.2, 0) is 15.1 Å². The van der Waals surface area contributed by atoms with E-state index in [9.17, 15) is 14.7 Å². The third kappa shape index (κ3) is 3.37. The van der Waals surface area contributed by atoms with Crippen molar-refractivity contribution in [2.45, 2.75) is 31.7 Å². The summed E-state index contributed by atoms with van der Waals surface area (Å²) in [6, 6.07) is 5.40. The first-order valence-electron chi connectivity index (χ1n) is 7.75. The van der Waals surface area contributed by atoms with Crippen LogP contribution in [-0.4, -0.2) is 26.8 Å². The maximum Gasteiger partial charge on any atom is 0.331 e. The van der Waals surface area contributed by atoms with E-state index >= 15 is 0 Å². The van der Waals surface area contributed by atoms with Crippen molar-refractivity contribution in [3.63, 3.8) is 0 Å². The summed E-state index contributed by atoms with van der Waals surface area (Å²) in [4.78, 5) is 23.7. The lowest BCUT2D eigenvalue weighted by atomic mass is 10.1. The fraction of sp³-hybridized carbons (Fsp3) is 0.353. The zero-order valence-electron chi connectivity index (χ0n) is 13.7. The Labute approximate surface area is 154 Å². The maximum absolute atomic E-state index is 12.4. The van der Waals surface area contributed by atoms with Crippen LogP contribution in [0.4, 0.5) is 5.69 Å². The van der Waals surface area contributed by atoms with Gasteiger partial charge in [-0.15, -0.1) is 0 Å². The predicted octanol–water partition coefficient (Wildman–Crippen LogP) is 3.75. The molecule has 0 spiro atoms.